The van der Waals surface area contributed by atoms with Crippen molar-refractivity contribution in [2.75, 3.05) is 20.1 Å². The van der Waals surface area contributed by atoms with Gasteiger partial charge in [0.05, 0.1) is 5.92 Å². The molecule has 0 aliphatic carbocycles. The first kappa shape index (κ1) is 10.0. The summed E-state index contributed by atoms with van der Waals surface area (Å²) in [7, 11) is 1.63. The van der Waals surface area contributed by atoms with Crippen molar-refractivity contribution in [3.05, 3.63) is 0 Å². The maximum Gasteiger partial charge on any atom is 0.224 e. The Morgan fingerprint density at radius 1 is 1.46 bits per heavy atom. The van der Waals surface area contributed by atoms with Gasteiger partial charge in [-0.25, -0.2) is 0 Å². The van der Waals surface area contributed by atoms with Crippen LogP contribution >= 0.6 is 0 Å². The van der Waals surface area contributed by atoms with Crippen LogP contribution in [-0.4, -0.2) is 36.9 Å². The van der Waals surface area contributed by atoms with E-state index in [0.29, 0.717) is 6.54 Å². The third-order valence-corrected chi connectivity index (χ3v) is 2.48. The molecule has 4 heteroatoms. The van der Waals surface area contributed by atoms with Gasteiger partial charge in [-0.2, -0.15) is 0 Å². The predicted octanol–water partition coefficient (Wildman–Crippen LogP) is -0.00910. The van der Waals surface area contributed by atoms with Gasteiger partial charge < -0.3 is 10.2 Å². The number of hydrogen-bond acceptors (Lipinski definition) is 2. The fraction of sp³-hybridized carbons (Fsp3) is 0.778. The molecule has 0 aromatic rings. The summed E-state index contributed by atoms with van der Waals surface area (Å²) in [6.07, 6.45) is 1.82. The van der Waals surface area contributed by atoms with E-state index in [1.54, 1.807) is 18.9 Å². The smallest absolute Gasteiger partial charge is 0.224 e. The summed E-state index contributed by atoms with van der Waals surface area (Å²) >= 11 is 0. The lowest BCUT2D eigenvalue weighted by Crippen LogP contribution is -2.43. The van der Waals surface area contributed by atoms with Crippen LogP contribution < -0.4 is 5.32 Å². The van der Waals surface area contributed by atoms with E-state index in [1.807, 2.05) is 0 Å². The molecule has 74 valence electrons. The number of amides is 2. The summed E-state index contributed by atoms with van der Waals surface area (Å²) in [6, 6.07) is 0. The summed E-state index contributed by atoms with van der Waals surface area (Å²) in [6.45, 7) is 2.92. The minimum absolute atomic E-state index is 0.0114. The van der Waals surface area contributed by atoms with E-state index in [4.69, 9.17) is 0 Å². The molecule has 0 spiro atoms. The number of likely N-dealkylation sites (tertiary alicyclic amines) is 1. The Labute approximate surface area is 78.3 Å². The molecular formula is C9H16N2O2. The second-order valence-electron chi connectivity index (χ2n) is 3.42. The second-order valence-corrected chi connectivity index (χ2v) is 3.42. The predicted molar refractivity (Wildman–Crippen MR) is 49.0 cm³/mol. The van der Waals surface area contributed by atoms with Crippen LogP contribution in [0.5, 0.6) is 0 Å². The molecule has 1 fully saturated rings. The van der Waals surface area contributed by atoms with Crippen molar-refractivity contribution in [2.24, 2.45) is 5.92 Å². The zero-order valence-electron chi connectivity index (χ0n) is 8.17. The SMILES string of the molecule is CNC(=O)C1CCCN(C(C)=O)C1. The minimum atomic E-state index is -0.0114. The Balaban J connectivity index is 2.51. The van der Waals surface area contributed by atoms with Gasteiger partial charge in [0.25, 0.3) is 0 Å². The third-order valence-electron chi connectivity index (χ3n) is 2.48. The molecule has 13 heavy (non-hydrogen) atoms. The van der Waals surface area contributed by atoms with E-state index in [9.17, 15) is 9.59 Å². The van der Waals surface area contributed by atoms with Crippen molar-refractivity contribution < 1.29 is 9.59 Å². The van der Waals surface area contributed by atoms with E-state index in [0.717, 1.165) is 19.4 Å². The first-order valence-electron chi connectivity index (χ1n) is 4.62. The summed E-state index contributed by atoms with van der Waals surface area (Å²) in [5.74, 6) is 0.0993. The van der Waals surface area contributed by atoms with Crippen LogP contribution in [0.2, 0.25) is 0 Å². The lowest BCUT2D eigenvalue weighted by molar-refractivity contribution is -0.133. The van der Waals surface area contributed by atoms with E-state index < -0.39 is 0 Å². The highest BCUT2D eigenvalue weighted by atomic mass is 16.2. The molecule has 0 bridgehead atoms. The summed E-state index contributed by atoms with van der Waals surface area (Å²) in [5, 5.41) is 2.62. The molecule has 1 unspecified atom stereocenters. The van der Waals surface area contributed by atoms with E-state index in [1.165, 1.54) is 0 Å². The summed E-state index contributed by atoms with van der Waals surface area (Å²) in [4.78, 5) is 24.1. The quantitative estimate of drug-likeness (QED) is 0.623. The molecule has 1 heterocycles. The van der Waals surface area contributed by atoms with Crippen LogP contribution in [0, 0.1) is 5.92 Å². The number of nitrogens with zero attached hydrogens (tertiary/aromatic N) is 1. The van der Waals surface area contributed by atoms with Gasteiger partial charge in [0.2, 0.25) is 11.8 Å². The molecule has 1 rings (SSSR count). The van der Waals surface area contributed by atoms with Crippen LogP contribution in [0.4, 0.5) is 0 Å². The Morgan fingerprint density at radius 3 is 2.69 bits per heavy atom. The van der Waals surface area contributed by atoms with E-state index in [2.05, 4.69) is 5.32 Å². The van der Waals surface area contributed by atoms with Crippen molar-refractivity contribution in [1.29, 1.82) is 0 Å². The van der Waals surface area contributed by atoms with Crippen LogP contribution in [0.1, 0.15) is 19.8 Å². The fourth-order valence-electron chi connectivity index (χ4n) is 1.68. The van der Waals surface area contributed by atoms with Gasteiger partial charge in [0.15, 0.2) is 0 Å². The number of piperidine rings is 1. The van der Waals surface area contributed by atoms with Gasteiger partial charge in [-0.15, -0.1) is 0 Å². The Bertz CT molecular complexity index is 216. The first-order chi connectivity index (χ1) is 6.15. The zero-order chi connectivity index (χ0) is 9.84. The molecule has 0 aromatic heterocycles. The molecule has 1 aliphatic rings. The largest absolute Gasteiger partial charge is 0.359 e. The van der Waals surface area contributed by atoms with Crippen LogP contribution in [0.25, 0.3) is 0 Å². The van der Waals surface area contributed by atoms with Crippen molar-refractivity contribution in [1.82, 2.24) is 10.2 Å². The molecule has 1 N–H and O–H groups in total. The number of nitrogens with one attached hydrogen (secondary N) is 1. The molecular weight excluding hydrogens is 168 g/mol. The van der Waals surface area contributed by atoms with Gasteiger partial charge in [-0.05, 0) is 12.8 Å². The van der Waals surface area contributed by atoms with E-state index in [-0.39, 0.29) is 17.7 Å². The fourth-order valence-corrected chi connectivity index (χ4v) is 1.68. The normalized spacial score (nSPS) is 22.6. The molecule has 1 atom stereocenters. The van der Waals surface area contributed by atoms with Crippen LogP contribution in [0.3, 0.4) is 0 Å². The summed E-state index contributed by atoms with van der Waals surface area (Å²) in [5.41, 5.74) is 0. The van der Waals surface area contributed by atoms with Gasteiger partial charge in [-0.3, -0.25) is 9.59 Å². The van der Waals surface area contributed by atoms with Crippen molar-refractivity contribution in [3.63, 3.8) is 0 Å². The molecule has 0 aromatic carbocycles. The van der Waals surface area contributed by atoms with Crippen molar-refractivity contribution >= 4 is 11.8 Å². The molecule has 0 radical (unpaired) electrons. The second kappa shape index (κ2) is 4.25. The van der Waals surface area contributed by atoms with Crippen molar-refractivity contribution in [3.8, 4) is 0 Å². The average Bonchev–Trinajstić information content (AvgIpc) is 2.17. The Morgan fingerprint density at radius 2 is 2.15 bits per heavy atom. The lowest BCUT2D eigenvalue weighted by atomic mass is 9.97. The number of rotatable bonds is 1. The zero-order valence-corrected chi connectivity index (χ0v) is 8.17. The third kappa shape index (κ3) is 2.44. The number of carbonyl (C=O) groups is 2. The van der Waals surface area contributed by atoms with Crippen LogP contribution in [0.15, 0.2) is 0 Å². The monoisotopic (exact) mass is 184 g/mol. The van der Waals surface area contributed by atoms with Gasteiger partial charge in [0, 0.05) is 27.1 Å². The summed E-state index contributed by atoms with van der Waals surface area (Å²) < 4.78 is 0. The van der Waals surface area contributed by atoms with Crippen molar-refractivity contribution in [2.45, 2.75) is 19.8 Å². The molecule has 1 aliphatic heterocycles. The number of hydrogen-bond donors (Lipinski definition) is 1. The Kier molecular flexibility index (Phi) is 3.28. The maximum absolute atomic E-state index is 11.3. The molecule has 4 nitrogen and oxygen atoms in total. The Hall–Kier alpha value is -1.06. The standard InChI is InChI=1S/C9H16N2O2/c1-7(12)11-5-3-4-8(6-11)9(13)10-2/h8H,3-6H2,1-2H3,(H,10,13). The lowest BCUT2D eigenvalue weighted by Gasteiger charge is -2.30. The molecule has 2 amide bonds. The van der Waals surface area contributed by atoms with Crippen LogP contribution in [-0.2, 0) is 9.59 Å². The first-order valence-corrected chi connectivity index (χ1v) is 4.62. The van der Waals surface area contributed by atoms with Gasteiger partial charge in [0.1, 0.15) is 0 Å². The minimum Gasteiger partial charge on any atom is -0.359 e. The highest BCUT2D eigenvalue weighted by molar-refractivity contribution is 5.80. The topological polar surface area (TPSA) is 49.4 Å². The molecule has 0 saturated carbocycles. The van der Waals surface area contributed by atoms with Gasteiger partial charge >= 0.3 is 0 Å². The number of carbonyl (C=O) groups excluding carboxylic acids is 2. The highest BCUT2D eigenvalue weighted by Gasteiger charge is 2.25. The maximum atomic E-state index is 11.3. The molecule has 1 saturated heterocycles. The van der Waals surface area contributed by atoms with E-state index >= 15 is 0 Å². The highest BCUT2D eigenvalue weighted by Crippen LogP contribution is 2.16. The average molecular weight is 184 g/mol. The van der Waals surface area contributed by atoms with Gasteiger partial charge in [-0.1, -0.05) is 0 Å².